The van der Waals surface area contributed by atoms with E-state index in [0.29, 0.717) is 5.69 Å². The van der Waals surface area contributed by atoms with Crippen molar-refractivity contribution in [2.75, 3.05) is 18.0 Å². The molecule has 0 saturated carbocycles. The Morgan fingerprint density at radius 1 is 1.15 bits per heavy atom. The Morgan fingerprint density at radius 2 is 1.75 bits per heavy atom. The van der Waals surface area contributed by atoms with E-state index in [1.165, 1.54) is 12.8 Å². The van der Waals surface area contributed by atoms with Crippen molar-refractivity contribution in [2.45, 2.75) is 12.8 Å². The van der Waals surface area contributed by atoms with Crippen molar-refractivity contribution in [1.82, 2.24) is 14.8 Å². The summed E-state index contributed by atoms with van der Waals surface area (Å²) in [6.07, 6.45) is 2.39. The average molecular weight is 274 g/mol. The molecule has 1 saturated heterocycles. The zero-order valence-electron chi connectivity index (χ0n) is 10.7. The van der Waals surface area contributed by atoms with Gasteiger partial charge in [-0.2, -0.15) is 4.68 Å². The number of nitrogens with one attached hydrogen (secondary N) is 1. The lowest BCUT2D eigenvalue weighted by Crippen LogP contribution is -2.18. The van der Waals surface area contributed by atoms with Crippen LogP contribution in [-0.2, 0) is 0 Å². The molecule has 20 heavy (non-hydrogen) atoms. The third-order valence-electron chi connectivity index (χ3n) is 3.39. The summed E-state index contributed by atoms with van der Waals surface area (Å²) >= 11 is 0. The highest BCUT2D eigenvalue weighted by Crippen LogP contribution is 2.21. The average Bonchev–Trinajstić information content (AvgIpc) is 3.08. The molecular weight excluding hydrogens is 260 g/mol. The monoisotopic (exact) mass is 274 g/mol. The summed E-state index contributed by atoms with van der Waals surface area (Å²) in [5.41, 5.74) is 1.09. The molecule has 1 aromatic heterocycles. The first kappa shape index (κ1) is 12.5. The molecule has 104 valence electrons. The van der Waals surface area contributed by atoms with E-state index in [9.17, 15) is 9.59 Å². The zero-order valence-corrected chi connectivity index (χ0v) is 10.7. The van der Waals surface area contributed by atoms with Crippen LogP contribution in [0.2, 0.25) is 0 Å². The van der Waals surface area contributed by atoms with Crippen molar-refractivity contribution in [2.24, 2.45) is 0 Å². The van der Waals surface area contributed by atoms with E-state index in [-0.39, 0.29) is 5.82 Å². The molecule has 2 N–H and O–H groups in total. The van der Waals surface area contributed by atoms with Crippen molar-refractivity contribution in [1.29, 1.82) is 0 Å². The Labute approximate surface area is 114 Å². The normalized spacial score (nSPS) is 14.7. The Bertz CT molecular complexity index is 680. The molecule has 0 amide bonds. The number of aromatic amines is 1. The van der Waals surface area contributed by atoms with Gasteiger partial charge in [-0.1, -0.05) is 0 Å². The first-order valence-corrected chi connectivity index (χ1v) is 6.43. The number of H-pyrrole nitrogens is 1. The van der Waals surface area contributed by atoms with E-state index in [4.69, 9.17) is 5.11 Å². The molecule has 0 bridgehead atoms. The fraction of sp³-hybridized carbons (Fsp3) is 0.308. The van der Waals surface area contributed by atoms with Crippen LogP contribution in [0.3, 0.4) is 0 Å². The topological polar surface area (TPSA) is 91.2 Å². The van der Waals surface area contributed by atoms with Gasteiger partial charge in [-0.15, -0.1) is 5.10 Å². The number of rotatable bonds is 3. The van der Waals surface area contributed by atoms with Gasteiger partial charge in [0, 0.05) is 18.8 Å². The summed E-state index contributed by atoms with van der Waals surface area (Å²) in [6.45, 7) is 2.09. The van der Waals surface area contributed by atoms with Crippen molar-refractivity contribution < 1.29 is 9.90 Å². The third kappa shape index (κ3) is 2.18. The van der Waals surface area contributed by atoms with Gasteiger partial charge in [-0.25, -0.2) is 9.59 Å². The maximum atomic E-state index is 11.7. The predicted molar refractivity (Wildman–Crippen MR) is 72.6 cm³/mol. The number of hydrogen-bond acceptors (Lipinski definition) is 4. The summed E-state index contributed by atoms with van der Waals surface area (Å²) in [4.78, 5) is 26.9. The number of anilines is 1. The number of carboxylic acid groups (broad SMARTS) is 1. The highest BCUT2D eigenvalue weighted by molar-refractivity contribution is 5.82. The Kier molecular flexibility index (Phi) is 3.02. The van der Waals surface area contributed by atoms with E-state index in [1.807, 2.05) is 12.1 Å². The largest absolute Gasteiger partial charge is 0.475 e. The van der Waals surface area contributed by atoms with Gasteiger partial charge >= 0.3 is 11.7 Å². The lowest BCUT2D eigenvalue weighted by Gasteiger charge is -2.17. The number of aromatic nitrogens is 3. The molecule has 1 aliphatic rings. The summed E-state index contributed by atoms with van der Waals surface area (Å²) in [6, 6.07) is 7.37. The van der Waals surface area contributed by atoms with Crippen LogP contribution in [-0.4, -0.2) is 38.9 Å². The molecule has 3 rings (SSSR count). The van der Waals surface area contributed by atoms with E-state index >= 15 is 0 Å². The van der Waals surface area contributed by atoms with Crippen LogP contribution < -0.4 is 10.6 Å². The molecule has 0 atom stereocenters. The molecule has 2 aromatic rings. The minimum absolute atomic E-state index is 0.362. The quantitative estimate of drug-likeness (QED) is 0.866. The molecule has 1 aromatic carbocycles. The van der Waals surface area contributed by atoms with Crippen LogP contribution in [0.1, 0.15) is 23.5 Å². The molecule has 1 aliphatic heterocycles. The Morgan fingerprint density at radius 3 is 2.30 bits per heavy atom. The minimum atomic E-state index is -1.26. The molecule has 0 radical (unpaired) electrons. The highest BCUT2D eigenvalue weighted by atomic mass is 16.4. The van der Waals surface area contributed by atoms with Crippen LogP contribution >= 0.6 is 0 Å². The lowest BCUT2D eigenvalue weighted by molar-refractivity contribution is 0.0683. The van der Waals surface area contributed by atoms with Crippen LogP contribution in [0.4, 0.5) is 5.69 Å². The first-order chi connectivity index (χ1) is 9.65. The predicted octanol–water partition coefficient (Wildman–Crippen LogP) is 0.859. The van der Waals surface area contributed by atoms with Crippen molar-refractivity contribution in [3.63, 3.8) is 0 Å². The van der Waals surface area contributed by atoms with Gasteiger partial charge in [-0.05, 0) is 37.1 Å². The summed E-state index contributed by atoms with van der Waals surface area (Å²) in [5.74, 6) is -1.62. The Balaban J connectivity index is 1.91. The van der Waals surface area contributed by atoms with Crippen molar-refractivity contribution >= 4 is 11.7 Å². The van der Waals surface area contributed by atoms with Gasteiger partial charge in [0.25, 0.3) is 0 Å². The number of hydrogen-bond donors (Lipinski definition) is 2. The zero-order chi connectivity index (χ0) is 14.1. The number of nitrogens with zero attached hydrogens (tertiary/aromatic N) is 3. The highest BCUT2D eigenvalue weighted by Gasteiger charge is 2.14. The molecular formula is C13H14N4O3. The molecule has 2 heterocycles. The maximum absolute atomic E-state index is 11.7. The van der Waals surface area contributed by atoms with Crippen LogP contribution in [0.15, 0.2) is 29.1 Å². The standard InChI is InChI=1S/C13H14N4O3/c18-12(19)11-14-13(20)17(15-11)10-5-3-9(4-6-10)16-7-1-2-8-16/h3-6H,1-2,7-8H2,(H,18,19)(H,14,15,20). The second-order valence-electron chi connectivity index (χ2n) is 4.71. The van der Waals surface area contributed by atoms with E-state index in [0.717, 1.165) is 23.5 Å². The molecule has 0 aliphatic carbocycles. The summed E-state index contributed by atoms with van der Waals surface area (Å²) in [5, 5.41) is 12.5. The van der Waals surface area contributed by atoms with Gasteiger partial charge in [0.05, 0.1) is 5.69 Å². The van der Waals surface area contributed by atoms with E-state index in [2.05, 4.69) is 15.0 Å². The second kappa shape index (κ2) is 4.84. The van der Waals surface area contributed by atoms with Gasteiger partial charge in [0.2, 0.25) is 5.82 Å². The fourth-order valence-corrected chi connectivity index (χ4v) is 2.38. The molecule has 7 heteroatoms. The molecule has 7 nitrogen and oxygen atoms in total. The second-order valence-corrected chi connectivity index (χ2v) is 4.71. The molecule has 0 unspecified atom stereocenters. The number of aromatic carboxylic acids is 1. The lowest BCUT2D eigenvalue weighted by atomic mass is 10.2. The van der Waals surface area contributed by atoms with Gasteiger partial charge in [0.15, 0.2) is 0 Å². The van der Waals surface area contributed by atoms with Gasteiger partial charge in [0.1, 0.15) is 0 Å². The maximum Gasteiger partial charge on any atom is 0.373 e. The SMILES string of the molecule is O=C(O)c1nn(-c2ccc(N3CCCC3)cc2)c(=O)[nH]1. The summed E-state index contributed by atoms with van der Waals surface area (Å²) < 4.78 is 1.05. The summed E-state index contributed by atoms with van der Waals surface area (Å²) in [7, 11) is 0. The van der Waals surface area contributed by atoms with Gasteiger partial charge < -0.3 is 10.0 Å². The molecule has 0 spiro atoms. The van der Waals surface area contributed by atoms with E-state index in [1.54, 1.807) is 12.1 Å². The number of carboxylic acids is 1. The van der Waals surface area contributed by atoms with Gasteiger partial charge in [-0.3, -0.25) is 4.98 Å². The van der Waals surface area contributed by atoms with Crippen LogP contribution in [0.25, 0.3) is 5.69 Å². The van der Waals surface area contributed by atoms with Crippen LogP contribution in [0, 0.1) is 0 Å². The number of carbonyl (C=O) groups is 1. The fourth-order valence-electron chi connectivity index (χ4n) is 2.38. The van der Waals surface area contributed by atoms with Crippen molar-refractivity contribution in [3.05, 3.63) is 40.6 Å². The van der Waals surface area contributed by atoms with E-state index < -0.39 is 11.7 Å². The Hall–Kier alpha value is -2.57. The third-order valence-corrected chi connectivity index (χ3v) is 3.39. The van der Waals surface area contributed by atoms with Crippen molar-refractivity contribution in [3.8, 4) is 5.69 Å². The smallest absolute Gasteiger partial charge is 0.373 e. The minimum Gasteiger partial charge on any atom is -0.475 e. The number of benzene rings is 1. The van der Waals surface area contributed by atoms with Crippen LogP contribution in [0.5, 0.6) is 0 Å². The first-order valence-electron chi connectivity index (χ1n) is 6.43. The molecule has 1 fully saturated rings.